The van der Waals surface area contributed by atoms with Crippen LogP contribution in [0.3, 0.4) is 0 Å². The van der Waals surface area contributed by atoms with Gasteiger partial charge in [0, 0.05) is 23.2 Å². The van der Waals surface area contributed by atoms with E-state index in [1.54, 1.807) is 11.3 Å². The SMILES string of the molecule is CC(C)n1cc(I)c(-c2ccsc2)n1. The van der Waals surface area contributed by atoms with Crippen LogP contribution in [0.1, 0.15) is 19.9 Å². The Labute approximate surface area is 101 Å². The second-order valence-corrected chi connectivity index (χ2v) is 5.35. The molecule has 74 valence electrons. The van der Waals surface area contributed by atoms with Crippen molar-refractivity contribution in [2.24, 2.45) is 0 Å². The normalized spacial score (nSPS) is 11.1. The molecule has 2 heterocycles. The largest absolute Gasteiger partial charge is 0.269 e. The molecule has 0 aliphatic carbocycles. The van der Waals surface area contributed by atoms with Gasteiger partial charge < -0.3 is 0 Å². The highest BCUT2D eigenvalue weighted by Gasteiger charge is 2.10. The Morgan fingerprint density at radius 1 is 1.50 bits per heavy atom. The van der Waals surface area contributed by atoms with Crippen molar-refractivity contribution in [3.63, 3.8) is 0 Å². The molecule has 2 aromatic rings. The van der Waals surface area contributed by atoms with Crippen LogP contribution >= 0.6 is 33.9 Å². The zero-order valence-electron chi connectivity index (χ0n) is 8.07. The van der Waals surface area contributed by atoms with Crippen molar-refractivity contribution in [2.75, 3.05) is 0 Å². The first-order valence-corrected chi connectivity index (χ1v) is 6.48. The molecule has 0 aliphatic rings. The summed E-state index contributed by atoms with van der Waals surface area (Å²) < 4.78 is 3.23. The summed E-state index contributed by atoms with van der Waals surface area (Å²) in [6.45, 7) is 4.28. The second kappa shape index (κ2) is 4.02. The van der Waals surface area contributed by atoms with E-state index in [1.807, 2.05) is 4.68 Å². The number of nitrogens with zero attached hydrogens (tertiary/aromatic N) is 2. The molecule has 14 heavy (non-hydrogen) atoms. The van der Waals surface area contributed by atoms with Crippen LogP contribution < -0.4 is 0 Å². The van der Waals surface area contributed by atoms with Gasteiger partial charge in [-0.15, -0.1) is 0 Å². The lowest BCUT2D eigenvalue weighted by Crippen LogP contribution is -2.00. The summed E-state index contributed by atoms with van der Waals surface area (Å²) in [7, 11) is 0. The molecule has 0 unspecified atom stereocenters. The van der Waals surface area contributed by atoms with E-state index < -0.39 is 0 Å². The van der Waals surface area contributed by atoms with Crippen molar-refractivity contribution in [1.29, 1.82) is 0 Å². The Hall–Kier alpha value is -0.360. The maximum atomic E-state index is 4.57. The smallest absolute Gasteiger partial charge is 0.106 e. The molecule has 0 aliphatic heterocycles. The maximum Gasteiger partial charge on any atom is 0.106 e. The van der Waals surface area contributed by atoms with Crippen LogP contribution in [0.5, 0.6) is 0 Å². The second-order valence-electron chi connectivity index (χ2n) is 3.41. The van der Waals surface area contributed by atoms with Crippen molar-refractivity contribution >= 4 is 33.9 Å². The third kappa shape index (κ3) is 1.86. The molecule has 2 rings (SSSR count). The predicted molar refractivity (Wildman–Crippen MR) is 68.6 cm³/mol. The number of hydrogen-bond acceptors (Lipinski definition) is 2. The van der Waals surface area contributed by atoms with Crippen LogP contribution in [0.4, 0.5) is 0 Å². The van der Waals surface area contributed by atoms with E-state index in [0.29, 0.717) is 6.04 Å². The molecule has 2 aromatic heterocycles. The lowest BCUT2D eigenvalue weighted by atomic mass is 10.2. The molecular formula is C10H11IN2S. The van der Waals surface area contributed by atoms with Crippen LogP contribution in [0, 0.1) is 3.57 Å². The Morgan fingerprint density at radius 3 is 2.79 bits per heavy atom. The topological polar surface area (TPSA) is 17.8 Å². The quantitative estimate of drug-likeness (QED) is 0.770. The Balaban J connectivity index is 2.45. The van der Waals surface area contributed by atoms with Gasteiger partial charge in [-0.05, 0) is 47.9 Å². The van der Waals surface area contributed by atoms with E-state index in [2.05, 4.69) is 64.6 Å². The predicted octanol–water partition coefficient (Wildman–Crippen LogP) is 3.80. The summed E-state index contributed by atoms with van der Waals surface area (Å²) in [5, 5.41) is 8.78. The molecule has 0 radical (unpaired) electrons. The first-order valence-electron chi connectivity index (χ1n) is 4.45. The zero-order chi connectivity index (χ0) is 10.1. The van der Waals surface area contributed by atoms with Crippen LogP contribution in [-0.4, -0.2) is 9.78 Å². The number of hydrogen-bond donors (Lipinski definition) is 0. The minimum absolute atomic E-state index is 0.427. The lowest BCUT2D eigenvalue weighted by Gasteiger charge is -2.02. The molecule has 0 bridgehead atoms. The molecule has 0 spiro atoms. The maximum absolute atomic E-state index is 4.57. The fraction of sp³-hybridized carbons (Fsp3) is 0.300. The van der Waals surface area contributed by atoms with E-state index in [0.717, 1.165) is 5.69 Å². The van der Waals surface area contributed by atoms with Gasteiger partial charge in [0.25, 0.3) is 0 Å². The number of halogens is 1. The van der Waals surface area contributed by atoms with Crippen molar-refractivity contribution in [3.8, 4) is 11.3 Å². The third-order valence-corrected chi connectivity index (χ3v) is 3.48. The fourth-order valence-corrected chi connectivity index (χ4v) is 2.57. The minimum Gasteiger partial charge on any atom is -0.269 e. The molecular weight excluding hydrogens is 307 g/mol. The first kappa shape index (κ1) is 10.2. The van der Waals surface area contributed by atoms with Gasteiger partial charge in [-0.25, -0.2) is 0 Å². The van der Waals surface area contributed by atoms with Gasteiger partial charge in [-0.1, -0.05) is 0 Å². The van der Waals surface area contributed by atoms with Crippen LogP contribution in [0.15, 0.2) is 23.0 Å². The highest BCUT2D eigenvalue weighted by molar-refractivity contribution is 14.1. The van der Waals surface area contributed by atoms with Gasteiger partial charge in [-0.3, -0.25) is 4.68 Å². The monoisotopic (exact) mass is 318 g/mol. The van der Waals surface area contributed by atoms with Gasteiger partial charge >= 0.3 is 0 Å². The summed E-state index contributed by atoms with van der Waals surface area (Å²) >= 11 is 4.05. The number of rotatable bonds is 2. The lowest BCUT2D eigenvalue weighted by molar-refractivity contribution is 0.534. The minimum atomic E-state index is 0.427. The molecule has 0 amide bonds. The van der Waals surface area contributed by atoms with E-state index in [9.17, 15) is 0 Å². The van der Waals surface area contributed by atoms with E-state index in [4.69, 9.17) is 0 Å². The Morgan fingerprint density at radius 2 is 2.29 bits per heavy atom. The van der Waals surface area contributed by atoms with Gasteiger partial charge in [-0.2, -0.15) is 16.4 Å². The molecule has 0 saturated heterocycles. The number of thiophene rings is 1. The standard InChI is InChI=1S/C10H11IN2S/c1-7(2)13-5-9(11)10(12-13)8-3-4-14-6-8/h3-7H,1-2H3. The fourth-order valence-electron chi connectivity index (χ4n) is 1.23. The Kier molecular flexibility index (Phi) is 2.92. The summed E-state index contributed by atoms with van der Waals surface area (Å²) in [6.07, 6.45) is 2.10. The number of aromatic nitrogens is 2. The zero-order valence-corrected chi connectivity index (χ0v) is 11.0. The van der Waals surface area contributed by atoms with Gasteiger partial charge in [0.15, 0.2) is 0 Å². The van der Waals surface area contributed by atoms with Gasteiger partial charge in [0.05, 0.1) is 3.57 Å². The van der Waals surface area contributed by atoms with Crippen LogP contribution in [-0.2, 0) is 0 Å². The van der Waals surface area contributed by atoms with Crippen molar-refractivity contribution in [2.45, 2.75) is 19.9 Å². The summed E-state index contributed by atoms with van der Waals surface area (Å²) in [6, 6.07) is 2.54. The molecule has 0 atom stereocenters. The van der Waals surface area contributed by atoms with Crippen LogP contribution in [0.25, 0.3) is 11.3 Å². The molecule has 0 N–H and O–H groups in total. The highest BCUT2D eigenvalue weighted by Crippen LogP contribution is 2.26. The van der Waals surface area contributed by atoms with Crippen molar-refractivity contribution in [3.05, 3.63) is 26.6 Å². The molecule has 0 saturated carbocycles. The first-order chi connectivity index (χ1) is 6.68. The third-order valence-electron chi connectivity index (χ3n) is 2.01. The van der Waals surface area contributed by atoms with Crippen LogP contribution in [0.2, 0.25) is 0 Å². The molecule has 4 heteroatoms. The summed E-state index contributed by atoms with van der Waals surface area (Å²) in [4.78, 5) is 0. The molecule has 2 nitrogen and oxygen atoms in total. The van der Waals surface area contributed by atoms with E-state index >= 15 is 0 Å². The van der Waals surface area contributed by atoms with E-state index in [1.165, 1.54) is 9.13 Å². The summed E-state index contributed by atoms with van der Waals surface area (Å²) in [5.74, 6) is 0. The molecule has 0 aromatic carbocycles. The van der Waals surface area contributed by atoms with Gasteiger partial charge in [0.1, 0.15) is 5.69 Å². The van der Waals surface area contributed by atoms with Crippen molar-refractivity contribution in [1.82, 2.24) is 9.78 Å². The summed E-state index contributed by atoms with van der Waals surface area (Å²) in [5.41, 5.74) is 2.32. The molecule has 0 fully saturated rings. The van der Waals surface area contributed by atoms with Crippen molar-refractivity contribution < 1.29 is 0 Å². The highest BCUT2D eigenvalue weighted by atomic mass is 127. The van der Waals surface area contributed by atoms with E-state index in [-0.39, 0.29) is 0 Å². The Bertz CT molecular complexity index is 417. The average Bonchev–Trinajstić information content (AvgIpc) is 2.71. The average molecular weight is 318 g/mol. The van der Waals surface area contributed by atoms with Gasteiger partial charge in [0.2, 0.25) is 0 Å².